The van der Waals surface area contributed by atoms with Crippen LogP contribution in [0.15, 0.2) is 24.4 Å². The van der Waals surface area contributed by atoms with E-state index in [2.05, 4.69) is 16.4 Å². The summed E-state index contributed by atoms with van der Waals surface area (Å²) in [6.07, 6.45) is 5.29. The van der Waals surface area contributed by atoms with Gasteiger partial charge in [-0.1, -0.05) is 11.6 Å². The Labute approximate surface area is 134 Å². The van der Waals surface area contributed by atoms with Crippen LogP contribution in [0, 0.1) is 0 Å². The number of hydrogen-bond donors (Lipinski definition) is 1. The van der Waals surface area contributed by atoms with Gasteiger partial charge in [-0.25, -0.2) is 4.98 Å². The zero-order chi connectivity index (χ0) is 14.8. The van der Waals surface area contributed by atoms with E-state index in [1.807, 2.05) is 26.0 Å². The molecule has 5 heteroatoms. The van der Waals surface area contributed by atoms with Gasteiger partial charge in [0.15, 0.2) is 0 Å². The third kappa shape index (κ3) is 3.33. The predicted molar refractivity (Wildman–Crippen MR) is 88.6 cm³/mol. The number of fused-ring (bicyclic) bond motifs is 1. The first kappa shape index (κ1) is 14.7. The Balaban J connectivity index is 1.84. The van der Waals surface area contributed by atoms with Crippen molar-refractivity contribution in [3.05, 3.63) is 39.2 Å². The van der Waals surface area contributed by atoms with E-state index >= 15 is 0 Å². The Morgan fingerprint density at radius 2 is 2.33 bits per heavy atom. The van der Waals surface area contributed by atoms with Crippen LogP contribution in [0.25, 0.3) is 0 Å². The number of nitrogens with one attached hydrogen (secondary N) is 1. The van der Waals surface area contributed by atoms with Crippen LogP contribution in [-0.4, -0.2) is 11.1 Å². The van der Waals surface area contributed by atoms with Crippen molar-refractivity contribution < 1.29 is 4.74 Å². The van der Waals surface area contributed by atoms with Crippen molar-refractivity contribution in [3.8, 4) is 5.88 Å². The van der Waals surface area contributed by atoms with Gasteiger partial charge in [-0.05, 0) is 56.9 Å². The predicted octanol–water partition coefficient (Wildman–Crippen LogP) is 5.07. The number of aromatic nitrogens is 1. The van der Waals surface area contributed by atoms with E-state index in [-0.39, 0.29) is 12.1 Å². The lowest BCUT2D eigenvalue weighted by Gasteiger charge is -2.25. The zero-order valence-corrected chi connectivity index (χ0v) is 13.8. The molecule has 21 heavy (non-hydrogen) atoms. The van der Waals surface area contributed by atoms with Gasteiger partial charge in [-0.2, -0.15) is 0 Å². The van der Waals surface area contributed by atoms with Crippen LogP contribution >= 0.6 is 22.9 Å². The van der Waals surface area contributed by atoms with E-state index in [1.54, 1.807) is 17.5 Å². The minimum atomic E-state index is 0.109. The number of rotatable bonds is 4. The summed E-state index contributed by atoms with van der Waals surface area (Å²) in [6.45, 7) is 4.02. The van der Waals surface area contributed by atoms with Crippen LogP contribution in [0.3, 0.4) is 0 Å². The first-order valence-electron chi connectivity index (χ1n) is 7.30. The standard InChI is InChI=1S/C16H19ClN2OS/c1-10(2)20-16-13(6-4-8-18-16)19-12-5-3-7-14-11(12)9-15(17)21-14/h4,6,8-10,12,19H,3,5,7H2,1-2H3. The van der Waals surface area contributed by atoms with Crippen molar-refractivity contribution in [1.29, 1.82) is 0 Å². The average Bonchev–Trinajstić information content (AvgIpc) is 2.82. The SMILES string of the molecule is CC(C)Oc1ncccc1NC1CCCc2sc(Cl)cc21. The molecule has 1 unspecified atom stereocenters. The molecule has 0 radical (unpaired) electrons. The van der Waals surface area contributed by atoms with Crippen molar-refractivity contribution in [1.82, 2.24) is 4.98 Å². The van der Waals surface area contributed by atoms with Crippen molar-refractivity contribution in [2.75, 3.05) is 5.32 Å². The van der Waals surface area contributed by atoms with Gasteiger partial charge in [0, 0.05) is 11.1 Å². The number of thiophene rings is 1. The second kappa shape index (κ2) is 6.24. The lowest BCUT2D eigenvalue weighted by Crippen LogP contribution is -2.17. The topological polar surface area (TPSA) is 34.1 Å². The molecule has 1 aliphatic rings. The molecule has 0 aliphatic heterocycles. The highest BCUT2D eigenvalue weighted by Gasteiger charge is 2.23. The molecule has 0 amide bonds. The maximum atomic E-state index is 6.17. The van der Waals surface area contributed by atoms with E-state index < -0.39 is 0 Å². The largest absolute Gasteiger partial charge is 0.473 e. The third-order valence-electron chi connectivity index (χ3n) is 3.53. The molecular formula is C16H19ClN2OS. The van der Waals surface area contributed by atoms with Crippen molar-refractivity contribution in [2.45, 2.75) is 45.3 Å². The van der Waals surface area contributed by atoms with Gasteiger partial charge in [0.2, 0.25) is 5.88 Å². The number of hydrogen-bond acceptors (Lipinski definition) is 4. The highest BCUT2D eigenvalue weighted by atomic mass is 35.5. The van der Waals surface area contributed by atoms with Crippen LogP contribution < -0.4 is 10.1 Å². The maximum Gasteiger partial charge on any atom is 0.237 e. The lowest BCUT2D eigenvalue weighted by molar-refractivity contribution is 0.234. The van der Waals surface area contributed by atoms with Crippen LogP contribution in [0.5, 0.6) is 5.88 Å². The van der Waals surface area contributed by atoms with Gasteiger partial charge in [0.1, 0.15) is 0 Å². The average molecular weight is 323 g/mol. The highest BCUT2D eigenvalue weighted by molar-refractivity contribution is 7.16. The quantitative estimate of drug-likeness (QED) is 0.853. The number of anilines is 1. The molecule has 1 atom stereocenters. The normalized spacial score (nSPS) is 17.6. The van der Waals surface area contributed by atoms with Crippen LogP contribution in [-0.2, 0) is 6.42 Å². The summed E-state index contributed by atoms with van der Waals surface area (Å²) in [7, 11) is 0. The third-order valence-corrected chi connectivity index (χ3v) is 4.87. The van der Waals surface area contributed by atoms with Gasteiger partial charge in [-0.15, -0.1) is 11.3 Å². The first-order valence-corrected chi connectivity index (χ1v) is 8.49. The first-order chi connectivity index (χ1) is 10.1. The second-order valence-corrected chi connectivity index (χ2v) is 7.31. The van der Waals surface area contributed by atoms with Gasteiger partial charge in [0.05, 0.1) is 22.2 Å². The molecule has 2 aromatic heterocycles. The summed E-state index contributed by atoms with van der Waals surface area (Å²) < 4.78 is 6.66. The van der Waals surface area contributed by atoms with E-state index in [1.165, 1.54) is 16.9 Å². The molecule has 2 aromatic rings. The fourth-order valence-electron chi connectivity index (χ4n) is 2.68. The fraction of sp³-hybridized carbons (Fsp3) is 0.438. The Bertz CT molecular complexity index is 626. The molecule has 0 saturated heterocycles. The molecule has 0 aromatic carbocycles. The summed E-state index contributed by atoms with van der Waals surface area (Å²) in [5.41, 5.74) is 2.28. The zero-order valence-electron chi connectivity index (χ0n) is 12.2. The summed E-state index contributed by atoms with van der Waals surface area (Å²) in [5.74, 6) is 0.668. The summed E-state index contributed by atoms with van der Waals surface area (Å²) in [5, 5.41) is 3.58. The Morgan fingerprint density at radius 3 is 3.14 bits per heavy atom. The van der Waals surface area contributed by atoms with E-state index in [4.69, 9.17) is 16.3 Å². The molecule has 3 nitrogen and oxygen atoms in total. The fourth-order valence-corrected chi connectivity index (χ4v) is 4.06. The highest BCUT2D eigenvalue weighted by Crippen LogP contribution is 2.40. The Hall–Kier alpha value is -1.26. The van der Waals surface area contributed by atoms with Gasteiger partial charge < -0.3 is 10.1 Å². The maximum absolute atomic E-state index is 6.17. The van der Waals surface area contributed by atoms with Gasteiger partial charge in [0.25, 0.3) is 0 Å². The number of halogens is 1. The Morgan fingerprint density at radius 1 is 1.48 bits per heavy atom. The van der Waals surface area contributed by atoms with E-state index in [0.29, 0.717) is 5.88 Å². The smallest absolute Gasteiger partial charge is 0.237 e. The molecule has 1 aliphatic carbocycles. The van der Waals surface area contributed by atoms with Gasteiger partial charge in [-0.3, -0.25) is 0 Å². The number of ether oxygens (including phenoxy) is 1. The molecule has 0 saturated carbocycles. The van der Waals surface area contributed by atoms with Gasteiger partial charge >= 0.3 is 0 Å². The molecule has 0 bridgehead atoms. The summed E-state index contributed by atoms with van der Waals surface area (Å²) in [4.78, 5) is 5.74. The monoisotopic (exact) mass is 322 g/mol. The molecule has 2 heterocycles. The van der Waals surface area contributed by atoms with Crippen LogP contribution in [0.2, 0.25) is 4.34 Å². The van der Waals surface area contributed by atoms with Crippen molar-refractivity contribution in [2.24, 2.45) is 0 Å². The molecule has 1 N–H and O–H groups in total. The molecule has 112 valence electrons. The van der Waals surface area contributed by atoms with Crippen molar-refractivity contribution >= 4 is 28.6 Å². The minimum absolute atomic E-state index is 0.109. The number of aryl methyl sites for hydroxylation is 1. The minimum Gasteiger partial charge on any atom is -0.473 e. The summed E-state index contributed by atoms with van der Waals surface area (Å²) in [6, 6.07) is 6.33. The van der Waals surface area contributed by atoms with Crippen LogP contribution in [0.4, 0.5) is 5.69 Å². The molecule has 3 rings (SSSR count). The van der Waals surface area contributed by atoms with Crippen LogP contribution in [0.1, 0.15) is 43.2 Å². The second-order valence-electron chi connectivity index (χ2n) is 5.54. The van der Waals surface area contributed by atoms with E-state index in [0.717, 1.165) is 22.9 Å². The van der Waals surface area contributed by atoms with E-state index in [9.17, 15) is 0 Å². The lowest BCUT2D eigenvalue weighted by atomic mass is 9.94. The number of pyridine rings is 1. The molecule has 0 fully saturated rings. The van der Waals surface area contributed by atoms with Crippen molar-refractivity contribution in [3.63, 3.8) is 0 Å². The number of nitrogens with zero attached hydrogens (tertiary/aromatic N) is 1. The molecule has 0 spiro atoms. The molecular weight excluding hydrogens is 304 g/mol. The Kier molecular flexibility index (Phi) is 4.36. The summed E-state index contributed by atoms with van der Waals surface area (Å²) >= 11 is 7.87.